The van der Waals surface area contributed by atoms with Crippen LogP contribution < -0.4 is 4.90 Å². The fourth-order valence-electron chi connectivity index (χ4n) is 3.26. The number of rotatable bonds is 2. The van der Waals surface area contributed by atoms with E-state index < -0.39 is 0 Å². The Balaban J connectivity index is 2.13. The SMILES string of the molecule is CN1CCc2c1n(-c1ccccc1)c(=S)n(-c1ccccc1)c2=S. The molecule has 0 spiro atoms. The normalized spacial score (nSPS) is 13.1. The highest BCUT2D eigenvalue weighted by Crippen LogP contribution is 2.32. The van der Waals surface area contributed by atoms with Crippen LogP contribution in [0.1, 0.15) is 5.56 Å². The molecule has 2 heterocycles. The van der Waals surface area contributed by atoms with Gasteiger partial charge in [-0.15, -0.1) is 0 Å². The predicted octanol–water partition coefficient (Wildman–Crippen LogP) is 4.72. The number of fused-ring (bicyclic) bond motifs is 1. The van der Waals surface area contributed by atoms with Crippen LogP contribution in [0.4, 0.5) is 5.82 Å². The molecule has 24 heavy (non-hydrogen) atoms. The monoisotopic (exact) mass is 351 g/mol. The Bertz CT molecular complexity index is 1000. The van der Waals surface area contributed by atoms with Crippen LogP contribution in [0.5, 0.6) is 0 Å². The summed E-state index contributed by atoms with van der Waals surface area (Å²) < 4.78 is 5.67. The van der Waals surface area contributed by atoms with E-state index in [-0.39, 0.29) is 0 Å². The van der Waals surface area contributed by atoms with Crippen molar-refractivity contribution in [2.45, 2.75) is 6.42 Å². The minimum absolute atomic E-state index is 0.699. The second-order valence-corrected chi connectivity index (χ2v) is 6.66. The molecule has 0 saturated heterocycles. The molecule has 1 aromatic heterocycles. The lowest BCUT2D eigenvalue weighted by Gasteiger charge is -2.22. The van der Waals surface area contributed by atoms with Gasteiger partial charge in [-0.2, -0.15) is 0 Å². The minimum Gasteiger partial charge on any atom is -0.360 e. The first kappa shape index (κ1) is 15.3. The number of para-hydroxylation sites is 2. The highest BCUT2D eigenvalue weighted by molar-refractivity contribution is 7.72. The lowest BCUT2D eigenvalue weighted by Crippen LogP contribution is -2.19. The number of hydrogen-bond acceptors (Lipinski definition) is 3. The van der Waals surface area contributed by atoms with Gasteiger partial charge in [-0.3, -0.25) is 9.13 Å². The highest BCUT2D eigenvalue weighted by atomic mass is 32.1. The van der Waals surface area contributed by atoms with Crippen LogP contribution in [-0.4, -0.2) is 22.7 Å². The number of nitrogens with zero attached hydrogens (tertiary/aromatic N) is 3. The third kappa shape index (κ3) is 2.32. The molecular weight excluding hydrogens is 334 g/mol. The summed E-state index contributed by atoms with van der Waals surface area (Å²) in [5, 5.41) is 0. The molecule has 0 N–H and O–H groups in total. The third-order valence-electron chi connectivity index (χ3n) is 4.41. The zero-order valence-electron chi connectivity index (χ0n) is 13.3. The van der Waals surface area contributed by atoms with Crippen molar-refractivity contribution in [1.82, 2.24) is 9.13 Å². The van der Waals surface area contributed by atoms with Crippen LogP contribution in [0.3, 0.4) is 0 Å². The Morgan fingerprint density at radius 2 is 1.33 bits per heavy atom. The summed E-state index contributed by atoms with van der Waals surface area (Å²) in [5.41, 5.74) is 3.26. The molecule has 1 aliphatic rings. The molecule has 3 nitrogen and oxygen atoms in total. The summed E-state index contributed by atoms with van der Waals surface area (Å²) >= 11 is 11.7. The quantitative estimate of drug-likeness (QED) is 0.620. The van der Waals surface area contributed by atoms with E-state index in [2.05, 4.69) is 28.6 Å². The van der Waals surface area contributed by atoms with E-state index in [9.17, 15) is 0 Å². The number of benzene rings is 2. The van der Waals surface area contributed by atoms with E-state index >= 15 is 0 Å². The molecule has 1 aliphatic heterocycles. The van der Waals surface area contributed by atoms with Gasteiger partial charge in [0.1, 0.15) is 10.5 Å². The molecular formula is C19H17N3S2. The molecule has 0 bridgehead atoms. The van der Waals surface area contributed by atoms with Crippen LogP contribution in [0, 0.1) is 9.41 Å². The Morgan fingerprint density at radius 3 is 1.92 bits per heavy atom. The summed E-state index contributed by atoms with van der Waals surface area (Å²) in [7, 11) is 2.10. The fourth-order valence-corrected chi connectivity index (χ4v) is 4.09. The summed E-state index contributed by atoms with van der Waals surface area (Å²) in [6.07, 6.45) is 0.944. The zero-order valence-corrected chi connectivity index (χ0v) is 15.0. The lowest BCUT2D eigenvalue weighted by molar-refractivity contribution is 0.840. The zero-order chi connectivity index (χ0) is 16.7. The molecule has 4 rings (SSSR count). The molecule has 2 aromatic carbocycles. The van der Waals surface area contributed by atoms with Gasteiger partial charge in [-0.05, 0) is 42.9 Å². The Morgan fingerprint density at radius 1 is 0.792 bits per heavy atom. The van der Waals surface area contributed by atoms with Crippen molar-refractivity contribution < 1.29 is 0 Å². The molecule has 3 aromatic rings. The van der Waals surface area contributed by atoms with Crippen molar-refractivity contribution >= 4 is 30.3 Å². The van der Waals surface area contributed by atoms with Gasteiger partial charge in [0.05, 0.1) is 0 Å². The first-order chi connectivity index (χ1) is 11.7. The molecule has 0 aliphatic carbocycles. The number of anilines is 1. The van der Waals surface area contributed by atoms with Gasteiger partial charge in [-0.25, -0.2) is 0 Å². The van der Waals surface area contributed by atoms with Gasteiger partial charge in [0.25, 0.3) is 0 Å². The average molecular weight is 352 g/mol. The summed E-state index contributed by atoms with van der Waals surface area (Å²) in [6.45, 7) is 0.958. The number of hydrogen-bond donors (Lipinski definition) is 0. The van der Waals surface area contributed by atoms with Gasteiger partial charge >= 0.3 is 0 Å². The van der Waals surface area contributed by atoms with E-state index in [4.69, 9.17) is 24.4 Å². The predicted molar refractivity (Wildman–Crippen MR) is 104 cm³/mol. The van der Waals surface area contributed by atoms with Crippen molar-refractivity contribution in [2.75, 3.05) is 18.5 Å². The van der Waals surface area contributed by atoms with Crippen molar-refractivity contribution in [3.05, 3.63) is 75.6 Å². The first-order valence-electron chi connectivity index (χ1n) is 7.91. The van der Waals surface area contributed by atoms with Gasteiger partial charge in [0.2, 0.25) is 0 Å². The molecule has 0 unspecified atom stereocenters. The summed E-state index contributed by atoms with van der Waals surface area (Å²) in [4.78, 5) is 2.24. The van der Waals surface area contributed by atoms with Crippen molar-refractivity contribution in [3.8, 4) is 11.4 Å². The largest absolute Gasteiger partial charge is 0.360 e. The Kier molecular flexibility index (Phi) is 3.82. The van der Waals surface area contributed by atoms with Crippen LogP contribution in [0.15, 0.2) is 60.7 Å². The topological polar surface area (TPSA) is 13.1 Å². The second-order valence-electron chi connectivity index (χ2n) is 5.90. The van der Waals surface area contributed by atoms with Crippen LogP contribution in [0.2, 0.25) is 0 Å². The number of likely N-dealkylation sites (N-methyl/N-ethyl adjacent to an activating group) is 1. The van der Waals surface area contributed by atoms with Gasteiger partial charge in [-0.1, -0.05) is 48.6 Å². The van der Waals surface area contributed by atoms with E-state index in [1.807, 2.05) is 53.1 Å². The molecule has 0 radical (unpaired) electrons. The first-order valence-corrected chi connectivity index (χ1v) is 8.73. The summed E-state index contributed by atoms with van der Waals surface area (Å²) in [5.74, 6) is 1.11. The van der Waals surface area contributed by atoms with Crippen LogP contribution in [-0.2, 0) is 6.42 Å². The van der Waals surface area contributed by atoms with Crippen molar-refractivity contribution in [2.24, 2.45) is 0 Å². The summed E-state index contributed by atoms with van der Waals surface area (Å²) in [6, 6.07) is 20.4. The maximum Gasteiger partial charge on any atom is 0.191 e. The van der Waals surface area contributed by atoms with Crippen molar-refractivity contribution in [1.29, 1.82) is 0 Å². The molecule has 5 heteroatoms. The van der Waals surface area contributed by atoms with Crippen molar-refractivity contribution in [3.63, 3.8) is 0 Å². The fraction of sp³-hybridized carbons (Fsp3) is 0.158. The Hall–Kier alpha value is -2.24. The molecule has 0 fully saturated rings. The third-order valence-corrected chi connectivity index (χ3v) is 5.21. The molecule has 0 atom stereocenters. The molecule has 0 saturated carbocycles. The number of aromatic nitrogens is 2. The molecule has 120 valence electrons. The van der Waals surface area contributed by atoms with E-state index in [0.29, 0.717) is 4.77 Å². The molecule has 0 amide bonds. The Labute approximate surface area is 151 Å². The highest BCUT2D eigenvalue weighted by Gasteiger charge is 2.24. The maximum absolute atomic E-state index is 5.87. The minimum atomic E-state index is 0.699. The van der Waals surface area contributed by atoms with Crippen LogP contribution in [0.25, 0.3) is 11.4 Å². The van der Waals surface area contributed by atoms with Gasteiger partial charge in [0, 0.05) is 30.5 Å². The standard InChI is InChI=1S/C19H17N3S2/c1-20-13-12-16-17(20)21(14-8-4-2-5-9-14)19(24)22(18(16)23)15-10-6-3-7-11-15/h2-11H,12-13H2,1H3. The average Bonchev–Trinajstić information content (AvgIpc) is 2.99. The smallest absolute Gasteiger partial charge is 0.191 e. The van der Waals surface area contributed by atoms with Gasteiger partial charge < -0.3 is 4.90 Å². The van der Waals surface area contributed by atoms with E-state index in [1.165, 1.54) is 5.56 Å². The van der Waals surface area contributed by atoms with Gasteiger partial charge in [0.15, 0.2) is 4.77 Å². The second kappa shape index (κ2) is 6.00. The van der Waals surface area contributed by atoms with E-state index in [0.717, 1.165) is 34.8 Å². The maximum atomic E-state index is 5.87. The van der Waals surface area contributed by atoms with Crippen LogP contribution >= 0.6 is 24.4 Å². The lowest BCUT2D eigenvalue weighted by atomic mass is 10.2. The van der Waals surface area contributed by atoms with E-state index in [1.54, 1.807) is 0 Å².